The molecule has 5 heteroatoms. The molecule has 0 amide bonds. The van der Waals surface area contributed by atoms with Gasteiger partial charge in [0.1, 0.15) is 0 Å². The van der Waals surface area contributed by atoms with Crippen molar-refractivity contribution >= 4 is 27.5 Å². The molecular formula is C66H49N5. The van der Waals surface area contributed by atoms with Crippen LogP contribution in [0.2, 0.25) is 0 Å². The van der Waals surface area contributed by atoms with Crippen LogP contribution in [0.25, 0.3) is 111 Å². The molecule has 2 aromatic heterocycles. The summed E-state index contributed by atoms with van der Waals surface area (Å²) >= 11 is 0. The number of hydrogen-bond acceptors (Lipinski definition) is 3. The first-order valence-corrected chi connectivity index (χ1v) is 24.0. The molecule has 0 bridgehead atoms. The molecule has 71 heavy (non-hydrogen) atoms. The quantitative estimate of drug-likeness (QED) is 0.143. The Kier molecular flexibility index (Phi) is 11.3. The Labute approximate surface area is 415 Å². The van der Waals surface area contributed by atoms with E-state index < -0.39 is 0 Å². The molecule has 0 aliphatic heterocycles. The summed E-state index contributed by atoms with van der Waals surface area (Å²) < 4.78 is 2.40. The van der Waals surface area contributed by atoms with Crippen LogP contribution in [0.15, 0.2) is 188 Å². The topological polar surface area (TPSA) is 58.9 Å². The SMILES string of the molecule is [C-]#[N+]c1cccc(-c2cc(-c3nc(-c4ccccc4)cc(-c4ccccc4)n3)cc(-c3cccc(C#N)c3)c2-n2c3ccc(-c4c(C)cc(C)cc4C)cc3c3cc(-c4c(C)cc(C)cc4C)ccc32)c1. The van der Waals surface area contributed by atoms with Gasteiger partial charge in [0, 0.05) is 38.6 Å². The summed E-state index contributed by atoms with van der Waals surface area (Å²) in [6.45, 7) is 21.3. The summed E-state index contributed by atoms with van der Waals surface area (Å²) in [5.74, 6) is 0.557. The van der Waals surface area contributed by atoms with E-state index in [4.69, 9.17) is 16.5 Å². The molecule has 0 spiro atoms. The molecular weight excluding hydrogens is 863 g/mol. The minimum atomic E-state index is 0.532. The molecule has 0 saturated heterocycles. The van der Waals surface area contributed by atoms with Crippen molar-refractivity contribution < 1.29 is 0 Å². The zero-order chi connectivity index (χ0) is 48.9. The molecule has 0 radical (unpaired) electrons. The maximum absolute atomic E-state index is 10.4. The van der Waals surface area contributed by atoms with E-state index in [0.717, 1.165) is 89.0 Å². The van der Waals surface area contributed by atoms with Crippen LogP contribution in [0, 0.1) is 59.4 Å². The second-order valence-electron chi connectivity index (χ2n) is 18.8. The lowest BCUT2D eigenvalue weighted by Crippen LogP contribution is -2.03. The third-order valence-corrected chi connectivity index (χ3v) is 13.7. The highest BCUT2D eigenvalue weighted by atomic mass is 15.0. The number of nitrogens with zero attached hydrogens (tertiary/aromatic N) is 5. The number of aryl methyl sites for hydroxylation is 6. The van der Waals surface area contributed by atoms with Crippen molar-refractivity contribution in [3.8, 4) is 90.2 Å². The van der Waals surface area contributed by atoms with Crippen molar-refractivity contribution in [2.45, 2.75) is 41.5 Å². The molecule has 5 nitrogen and oxygen atoms in total. The lowest BCUT2D eigenvalue weighted by Gasteiger charge is -2.22. The molecule has 0 fully saturated rings. The van der Waals surface area contributed by atoms with Gasteiger partial charge in [-0.1, -0.05) is 139 Å². The molecule has 2 heterocycles. The van der Waals surface area contributed by atoms with Gasteiger partial charge in [-0.25, -0.2) is 14.8 Å². The van der Waals surface area contributed by atoms with Gasteiger partial charge in [-0.05, 0) is 158 Å². The summed E-state index contributed by atoms with van der Waals surface area (Å²) in [4.78, 5) is 14.6. The molecule has 0 unspecified atom stereocenters. The monoisotopic (exact) mass is 911 g/mol. The molecule has 0 N–H and O–H groups in total. The maximum atomic E-state index is 10.4. The Hall–Kier alpha value is -9.16. The summed E-state index contributed by atoms with van der Waals surface area (Å²) in [7, 11) is 0. The van der Waals surface area contributed by atoms with E-state index in [1.165, 1.54) is 44.5 Å². The second-order valence-corrected chi connectivity index (χ2v) is 18.8. The van der Waals surface area contributed by atoms with E-state index in [-0.39, 0.29) is 0 Å². The fourth-order valence-corrected chi connectivity index (χ4v) is 10.9. The van der Waals surface area contributed by atoms with Crippen molar-refractivity contribution in [2.75, 3.05) is 0 Å². The second kappa shape index (κ2) is 18.1. The number of hydrogen-bond donors (Lipinski definition) is 0. The summed E-state index contributed by atoms with van der Waals surface area (Å²) in [5.41, 5.74) is 24.2. The summed E-state index contributed by atoms with van der Waals surface area (Å²) in [6.07, 6.45) is 0. The van der Waals surface area contributed by atoms with Crippen molar-refractivity contribution in [3.05, 3.63) is 238 Å². The van der Waals surface area contributed by atoms with Crippen LogP contribution in [0.1, 0.15) is 38.9 Å². The highest BCUT2D eigenvalue weighted by Gasteiger charge is 2.25. The third kappa shape index (κ3) is 8.14. The van der Waals surface area contributed by atoms with Gasteiger partial charge in [0.2, 0.25) is 0 Å². The summed E-state index contributed by atoms with van der Waals surface area (Å²) in [6, 6.07) is 67.9. The number of rotatable bonds is 8. The molecule has 338 valence electrons. The fraction of sp³-hybridized carbons (Fsp3) is 0.0909. The van der Waals surface area contributed by atoms with E-state index in [9.17, 15) is 5.26 Å². The van der Waals surface area contributed by atoms with E-state index >= 15 is 0 Å². The zero-order valence-corrected chi connectivity index (χ0v) is 40.6. The van der Waals surface area contributed by atoms with Gasteiger partial charge in [-0.3, -0.25) is 0 Å². The van der Waals surface area contributed by atoms with Crippen molar-refractivity contribution in [2.24, 2.45) is 0 Å². The molecule has 0 saturated carbocycles. The number of aromatic nitrogens is 3. The summed E-state index contributed by atoms with van der Waals surface area (Å²) in [5, 5.41) is 12.6. The zero-order valence-electron chi connectivity index (χ0n) is 40.6. The Bertz CT molecular complexity index is 3720. The van der Waals surface area contributed by atoms with E-state index in [2.05, 4.69) is 172 Å². The van der Waals surface area contributed by atoms with Gasteiger partial charge in [0.05, 0.1) is 46.3 Å². The first-order valence-electron chi connectivity index (χ1n) is 24.0. The number of nitriles is 1. The maximum Gasteiger partial charge on any atom is 0.187 e. The Morgan fingerprint density at radius 3 is 1.38 bits per heavy atom. The smallest absolute Gasteiger partial charge is 0.187 e. The molecule has 9 aromatic carbocycles. The van der Waals surface area contributed by atoms with Crippen LogP contribution < -0.4 is 0 Å². The normalized spacial score (nSPS) is 11.2. The predicted molar refractivity (Wildman–Crippen MR) is 294 cm³/mol. The number of fused-ring (bicyclic) bond motifs is 3. The largest absolute Gasteiger partial charge is 0.308 e. The predicted octanol–water partition coefficient (Wildman–Crippen LogP) is 17.5. The van der Waals surface area contributed by atoms with Gasteiger partial charge >= 0.3 is 0 Å². The molecule has 11 aromatic rings. The van der Waals surface area contributed by atoms with Crippen LogP contribution >= 0.6 is 0 Å². The lowest BCUT2D eigenvalue weighted by molar-refractivity contribution is 1.17. The highest BCUT2D eigenvalue weighted by molar-refractivity contribution is 6.13. The average Bonchev–Trinajstić information content (AvgIpc) is 3.70. The standard InChI is InChI=1S/C66H49N5/c1-40-28-42(3)63(43(4)29-40)51-24-26-61-57(34-51)58-35-52(64-44(5)30-41(2)31-45(64)6)25-27-62(58)71(61)65-55(49-21-14-16-46(32-49)39-67)36-53(37-56(65)50-22-15-23-54(33-50)68-7)66-69-59(47-17-10-8-11-18-47)38-60(70-66)48-19-12-9-13-20-48/h8-38H,1-6H3. The van der Waals surface area contributed by atoms with E-state index in [1.54, 1.807) is 0 Å². The number of benzene rings is 9. The molecule has 0 atom stereocenters. The molecule has 0 aliphatic carbocycles. The van der Waals surface area contributed by atoms with Gasteiger partial charge < -0.3 is 4.57 Å². The van der Waals surface area contributed by atoms with Crippen LogP contribution in [0.4, 0.5) is 5.69 Å². The minimum absolute atomic E-state index is 0.532. The first-order chi connectivity index (χ1) is 34.5. The van der Waals surface area contributed by atoms with Crippen LogP contribution in [-0.4, -0.2) is 14.5 Å². The minimum Gasteiger partial charge on any atom is -0.308 e. The van der Waals surface area contributed by atoms with Gasteiger partial charge in [-0.2, -0.15) is 5.26 Å². The highest BCUT2D eigenvalue weighted by Crippen LogP contribution is 2.46. The Balaban J connectivity index is 1.28. The van der Waals surface area contributed by atoms with Crippen molar-refractivity contribution in [3.63, 3.8) is 0 Å². The van der Waals surface area contributed by atoms with Gasteiger partial charge in [-0.15, -0.1) is 0 Å². The third-order valence-electron chi connectivity index (χ3n) is 13.7. The van der Waals surface area contributed by atoms with Gasteiger partial charge in [0.25, 0.3) is 0 Å². The van der Waals surface area contributed by atoms with Crippen LogP contribution in [0.5, 0.6) is 0 Å². The molecule has 0 aliphatic rings. The molecule has 11 rings (SSSR count). The van der Waals surface area contributed by atoms with E-state index in [1.807, 2.05) is 72.8 Å². The van der Waals surface area contributed by atoms with Crippen molar-refractivity contribution in [1.29, 1.82) is 5.26 Å². The van der Waals surface area contributed by atoms with Crippen molar-refractivity contribution in [1.82, 2.24) is 14.5 Å². The van der Waals surface area contributed by atoms with E-state index in [0.29, 0.717) is 17.1 Å². The van der Waals surface area contributed by atoms with Gasteiger partial charge in [0.15, 0.2) is 11.5 Å². The first kappa shape index (κ1) is 44.4. The Morgan fingerprint density at radius 2 is 0.901 bits per heavy atom. The van der Waals surface area contributed by atoms with Crippen LogP contribution in [0.3, 0.4) is 0 Å². The average molecular weight is 912 g/mol. The lowest BCUT2D eigenvalue weighted by atomic mass is 9.91. The Morgan fingerprint density at radius 1 is 0.437 bits per heavy atom. The fourth-order valence-electron chi connectivity index (χ4n) is 10.9. The van der Waals surface area contributed by atoms with Crippen LogP contribution in [-0.2, 0) is 0 Å².